The van der Waals surface area contributed by atoms with Crippen molar-refractivity contribution in [2.75, 3.05) is 13.2 Å². The van der Waals surface area contributed by atoms with Crippen molar-refractivity contribution in [3.05, 3.63) is 96.6 Å². The third kappa shape index (κ3) is 6.40. The second-order valence-electron chi connectivity index (χ2n) is 12.2. The molecule has 0 radical (unpaired) electrons. The molecule has 1 heterocycles. The Hall–Kier alpha value is -2.81. The molecule has 4 rings (SSSR count). The van der Waals surface area contributed by atoms with Crippen LogP contribution in [0.4, 0.5) is 0 Å². The van der Waals surface area contributed by atoms with Crippen LogP contribution in [0.3, 0.4) is 0 Å². The van der Waals surface area contributed by atoms with Gasteiger partial charge in [0.2, 0.25) is 0 Å². The summed E-state index contributed by atoms with van der Waals surface area (Å²) in [5.74, 6) is -1.16. The Balaban J connectivity index is 1.83. The van der Waals surface area contributed by atoms with E-state index in [1.54, 1.807) is 5.06 Å². The smallest absolute Gasteiger partial charge is 0.322 e. The van der Waals surface area contributed by atoms with Crippen LogP contribution < -0.4 is 10.4 Å². The Morgan fingerprint density at radius 2 is 1.40 bits per heavy atom. The summed E-state index contributed by atoms with van der Waals surface area (Å²) in [6, 6.07) is 31.1. The van der Waals surface area contributed by atoms with Gasteiger partial charge in [-0.15, -0.1) is 5.06 Å². The number of carbonyl (C=O) groups is 1. The van der Waals surface area contributed by atoms with Crippen LogP contribution in [-0.2, 0) is 30.1 Å². The molecule has 2 atom stereocenters. The van der Waals surface area contributed by atoms with Gasteiger partial charge in [-0.05, 0) is 41.7 Å². The van der Waals surface area contributed by atoms with Crippen LogP contribution in [0, 0.1) is 0 Å². The first kappa shape index (κ1) is 30.2. The highest BCUT2D eigenvalue weighted by Crippen LogP contribution is 2.40. The molecule has 1 fully saturated rings. The summed E-state index contributed by atoms with van der Waals surface area (Å²) >= 11 is 0. The zero-order valence-electron chi connectivity index (χ0n) is 24.8. The molecule has 0 aliphatic carbocycles. The van der Waals surface area contributed by atoms with Crippen molar-refractivity contribution >= 4 is 24.7 Å². The predicted molar refractivity (Wildman–Crippen MR) is 161 cm³/mol. The fourth-order valence-corrected chi connectivity index (χ4v) is 10.2. The van der Waals surface area contributed by atoms with Crippen molar-refractivity contribution in [2.45, 2.75) is 77.5 Å². The predicted octanol–water partition coefficient (Wildman–Crippen LogP) is 5.45. The third-order valence-electron chi connectivity index (χ3n) is 7.68. The fraction of sp³-hybridized carbons (Fsp3) is 0.424. The van der Waals surface area contributed by atoms with Crippen LogP contribution in [0.1, 0.15) is 54.0 Å². The van der Waals surface area contributed by atoms with Gasteiger partial charge in [0.1, 0.15) is 11.6 Å². The number of ether oxygens (including phenoxy) is 2. The van der Waals surface area contributed by atoms with Crippen molar-refractivity contribution in [1.29, 1.82) is 0 Å². The first-order valence-corrected chi connectivity index (χ1v) is 15.9. The van der Waals surface area contributed by atoms with E-state index in [0.29, 0.717) is 13.2 Å². The van der Waals surface area contributed by atoms with Crippen LogP contribution in [-0.4, -0.2) is 50.0 Å². The van der Waals surface area contributed by atoms with E-state index in [-0.39, 0.29) is 11.6 Å². The highest BCUT2D eigenvalue weighted by Gasteiger charge is 2.55. The average molecular weight is 562 g/mol. The minimum atomic E-state index is -2.89. The van der Waals surface area contributed by atoms with Crippen molar-refractivity contribution in [2.24, 2.45) is 0 Å². The van der Waals surface area contributed by atoms with Gasteiger partial charge in [-0.25, -0.2) is 0 Å². The lowest BCUT2D eigenvalue weighted by Gasteiger charge is -2.48. The minimum absolute atomic E-state index is 0.214. The Kier molecular flexibility index (Phi) is 9.02. The Morgan fingerprint density at radius 1 is 0.900 bits per heavy atom. The first-order valence-electron chi connectivity index (χ1n) is 13.9. The zero-order chi connectivity index (χ0) is 29.0. The molecule has 0 aromatic heterocycles. The van der Waals surface area contributed by atoms with E-state index in [2.05, 4.69) is 69.3 Å². The molecule has 7 heteroatoms. The first-order chi connectivity index (χ1) is 18.9. The van der Waals surface area contributed by atoms with Crippen LogP contribution in [0.2, 0.25) is 5.04 Å². The van der Waals surface area contributed by atoms with Gasteiger partial charge in [0.05, 0.1) is 19.8 Å². The molecule has 214 valence electrons. The summed E-state index contributed by atoms with van der Waals surface area (Å²) in [6.45, 7) is 15.0. The standard InChI is InChI=1S/C33H43NO5Si/c1-26(35)39-34(23-27-17-11-8-12-18-27)33(7,30-24-36-32(5,6)38-30)25-37-40(31(2,3)4,28-19-13-9-14-20-28)29-21-15-10-16-22-29/h8-22,30H,23-25H2,1-7H3/t30-,33+/m0/s1. The van der Waals surface area contributed by atoms with Gasteiger partial charge in [-0.3, -0.25) is 4.79 Å². The largest absolute Gasteiger partial charge is 0.405 e. The van der Waals surface area contributed by atoms with E-state index in [1.807, 2.05) is 63.2 Å². The minimum Gasteiger partial charge on any atom is -0.405 e. The molecule has 0 N–H and O–H groups in total. The summed E-state index contributed by atoms with van der Waals surface area (Å²) in [5.41, 5.74) is 0.140. The molecule has 1 aliphatic rings. The average Bonchev–Trinajstić information content (AvgIpc) is 3.29. The van der Waals surface area contributed by atoms with Gasteiger partial charge < -0.3 is 18.7 Å². The molecule has 0 saturated carbocycles. The topological polar surface area (TPSA) is 57.2 Å². The number of hydroxylamine groups is 2. The lowest BCUT2D eigenvalue weighted by Crippen LogP contribution is -2.69. The van der Waals surface area contributed by atoms with Crippen molar-refractivity contribution < 1.29 is 23.5 Å². The van der Waals surface area contributed by atoms with Crippen LogP contribution >= 0.6 is 0 Å². The summed E-state index contributed by atoms with van der Waals surface area (Å²) < 4.78 is 19.9. The lowest BCUT2D eigenvalue weighted by atomic mass is 9.95. The number of carbonyl (C=O) groups excluding carboxylic acids is 1. The van der Waals surface area contributed by atoms with Gasteiger partial charge in [0, 0.05) is 6.92 Å². The van der Waals surface area contributed by atoms with Gasteiger partial charge in [-0.2, -0.15) is 0 Å². The Labute approximate surface area is 240 Å². The summed E-state index contributed by atoms with van der Waals surface area (Å²) in [5, 5.41) is 3.89. The van der Waals surface area contributed by atoms with Gasteiger partial charge in [0.25, 0.3) is 8.32 Å². The van der Waals surface area contributed by atoms with E-state index in [4.69, 9.17) is 18.7 Å². The molecule has 3 aromatic carbocycles. The maximum atomic E-state index is 12.5. The van der Waals surface area contributed by atoms with E-state index < -0.39 is 31.7 Å². The normalized spacial score (nSPS) is 18.9. The monoisotopic (exact) mass is 561 g/mol. The highest BCUT2D eigenvalue weighted by molar-refractivity contribution is 6.99. The number of benzene rings is 3. The number of hydrogen-bond acceptors (Lipinski definition) is 6. The van der Waals surface area contributed by atoms with E-state index >= 15 is 0 Å². The maximum absolute atomic E-state index is 12.5. The van der Waals surface area contributed by atoms with Crippen molar-refractivity contribution in [1.82, 2.24) is 5.06 Å². The molecule has 3 aromatic rings. The van der Waals surface area contributed by atoms with E-state index in [9.17, 15) is 4.79 Å². The summed E-state index contributed by atoms with van der Waals surface area (Å²) in [6.07, 6.45) is -0.413. The molecular weight excluding hydrogens is 518 g/mol. The second kappa shape index (κ2) is 12.0. The molecule has 6 nitrogen and oxygen atoms in total. The molecule has 0 amide bonds. The molecule has 0 bridgehead atoms. The Bertz CT molecular complexity index is 1210. The molecule has 1 aliphatic heterocycles. The summed E-state index contributed by atoms with van der Waals surface area (Å²) in [4.78, 5) is 18.4. The molecular formula is C33H43NO5Si. The third-order valence-corrected chi connectivity index (χ3v) is 12.7. The van der Waals surface area contributed by atoms with Gasteiger partial charge in [-0.1, -0.05) is 112 Å². The Morgan fingerprint density at radius 3 is 1.82 bits per heavy atom. The van der Waals surface area contributed by atoms with E-state index in [0.717, 1.165) is 5.56 Å². The van der Waals surface area contributed by atoms with Crippen LogP contribution in [0.5, 0.6) is 0 Å². The summed E-state index contributed by atoms with van der Waals surface area (Å²) in [7, 11) is -2.89. The molecule has 0 unspecified atom stereocenters. The maximum Gasteiger partial charge on any atom is 0.322 e. The van der Waals surface area contributed by atoms with Gasteiger partial charge >= 0.3 is 5.97 Å². The zero-order valence-corrected chi connectivity index (χ0v) is 25.8. The number of rotatable bonds is 10. The molecule has 1 saturated heterocycles. The van der Waals surface area contributed by atoms with Crippen LogP contribution in [0.15, 0.2) is 91.0 Å². The molecule has 40 heavy (non-hydrogen) atoms. The van der Waals surface area contributed by atoms with E-state index in [1.165, 1.54) is 17.3 Å². The second-order valence-corrected chi connectivity index (χ2v) is 16.5. The van der Waals surface area contributed by atoms with Gasteiger partial charge in [0.15, 0.2) is 5.79 Å². The SMILES string of the molecule is CC(=O)ON(Cc1ccccc1)[C@](C)(CO[Si](c1ccccc1)(c1ccccc1)C(C)(C)C)[C@@H]1COC(C)(C)O1. The quantitative estimate of drug-likeness (QED) is 0.242. The van der Waals surface area contributed by atoms with Crippen molar-refractivity contribution in [3.8, 4) is 0 Å². The number of nitrogens with zero attached hydrogens (tertiary/aromatic N) is 1. The lowest BCUT2D eigenvalue weighted by molar-refractivity contribution is -0.252. The van der Waals surface area contributed by atoms with Crippen LogP contribution in [0.25, 0.3) is 0 Å². The highest BCUT2D eigenvalue weighted by atomic mass is 28.4. The fourth-order valence-electron chi connectivity index (χ4n) is 5.56. The van der Waals surface area contributed by atoms with Crippen molar-refractivity contribution in [3.63, 3.8) is 0 Å². The number of hydrogen-bond donors (Lipinski definition) is 0. The molecule has 0 spiro atoms.